The van der Waals surface area contributed by atoms with Crippen LogP contribution in [-0.2, 0) is 0 Å². The van der Waals surface area contributed by atoms with Gasteiger partial charge in [0.15, 0.2) is 0 Å². The minimum absolute atomic E-state index is 0.0907. The largest absolute Gasteiger partial charge is 0.391 e. The van der Waals surface area contributed by atoms with Gasteiger partial charge < -0.3 is 5.32 Å². The van der Waals surface area contributed by atoms with Gasteiger partial charge in [-0.15, -0.1) is 0 Å². The average Bonchev–Trinajstić information content (AvgIpc) is 2.46. The lowest BCUT2D eigenvalue weighted by molar-refractivity contribution is -0.384. The maximum atomic E-state index is 12.7. The molecule has 0 saturated heterocycles. The molecule has 2 atom stereocenters. The zero-order valence-corrected chi connectivity index (χ0v) is 11.6. The number of carbonyl (C=O) groups excluding carboxylic acids is 1. The van der Waals surface area contributed by atoms with Crippen molar-refractivity contribution in [3.05, 3.63) is 39.9 Å². The SMILES string of the molecule is O=C(NC1CCCC(C(F)(F)F)C1)c1ccc([N+](=O)[O-])cc1. The number of rotatable bonds is 3. The van der Waals surface area contributed by atoms with Crippen molar-refractivity contribution in [3.8, 4) is 0 Å². The number of amides is 1. The Hall–Kier alpha value is -2.12. The van der Waals surface area contributed by atoms with Gasteiger partial charge in [0.25, 0.3) is 11.6 Å². The van der Waals surface area contributed by atoms with Crippen LogP contribution < -0.4 is 5.32 Å². The highest BCUT2D eigenvalue weighted by molar-refractivity contribution is 5.94. The van der Waals surface area contributed by atoms with Crippen LogP contribution in [-0.4, -0.2) is 23.0 Å². The second-order valence-corrected chi connectivity index (χ2v) is 5.38. The fourth-order valence-corrected chi connectivity index (χ4v) is 2.62. The maximum Gasteiger partial charge on any atom is 0.391 e. The lowest BCUT2D eigenvalue weighted by atomic mass is 9.85. The number of halogens is 3. The highest BCUT2D eigenvalue weighted by Crippen LogP contribution is 2.37. The summed E-state index contributed by atoms with van der Waals surface area (Å²) in [5.74, 6) is -1.90. The Morgan fingerprint density at radius 3 is 2.41 bits per heavy atom. The van der Waals surface area contributed by atoms with Crippen molar-refractivity contribution in [2.24, 2.45) is 5.92 Å². The van der Waals surface area contributed by atoms with E-state index in [0.29, 0.717) is 12.8 Å². The summed E-state index contributed by atoms with van der Waals surface area (Å²) in [4.78, 5) is 21.9. The molecule has 1 N–H and O–H groups in total. The first kappa shape index (κ1) is 16.3. The van der Waals surface area contributed by atoms with Gasteiger partial charge in [0, 0.05) is 23.7 Å². The minimum atomic E-state index is -4.24. The molecular weight excluding hydrogens is 301 g/mol. The fraction of sp³-hybridized carbons (Fsp3) is 0.500. The molecule has 0 bridgehead atoms. The number of benzene rings is 1. The Morgan fingerprint density at radius 1 is 1.23 bits per heavy atom. The van der Waals surface area contributed by atoms with E-state index >= 15 is 0 Å². The molecule has 120 valence electrons. The third-order valence-corrected chi connectivity index (χ3v) is 3.81. The van der Waals surface area contributed by atoms with Gasteiger partial charge in [0.1, 0.15) is 0 Å². The molecule has 5 nitrogen and oxygen atoms in total. The average molecular weight is 316 g/mol. The van der Waals surface area contributed by atoms with Crippen molar-refractivity contribution >= 4 is 11.6 Å². The molecule has 0 heterocycles. The molecule has 1 aliphatic carbocycles. The first-order valence-electron chi connectivity index (χ1n) is 6.89. The molecule has 1 aromatic carbocycles. The van der Waals surface area contributed by atoms with Crippen molar-refractivity contribution in [2.45, 2.75) is 37.9 Å². The van der Waals surface area contributed by atoms with Crippen LogP contribution in [0.15, 0.2) is 24.3 Å². The summed E-state index contributed by atoms with van der Waals surface area (Å²) in [5, 5.41) is 13.1. The Labute approximate surface area is 124 Å². The highest BCUT2D eigenvalue weighted by Gasteiger charge is 2.42. The van der Waals surface area contributed by atoms with Crippen molar-refractivity contribution in [1.29, 1.82) is 0 Å². The van der Waals surface area contributed by atoms with Crippen LogP contribution in [0.5, 0.6) is 0 Å². The van der Waals surface area contributed by atoms with Crippen LogP contribution in [0.3, 0.4) is 0 Å². The lowest BCUT2D eigenvalue weighted by Gasteiger charge is -2.31. The van der Waals surface area contributed by atoms with Crippen LogP contribution in [0, 0.1) is 16.0 Å². The zero-order valence-electron chi connectivity index (χ0n) is 11.6. The Balaban J connectivity index is 1.98. The second-order valence-electron chi connectivity index (χ2n) is 5.38. The summed E-state index contributed by atoms with van der Waals surface area (Å²) in [7, 11) is 0. The van der Waals surface area contributed by atoms with Gasteiger partial charge in [0.2, 0.25) is 0 Å². The van der Waals surface area contributed by atoms with E-state index in [4.69, 9.17) is 0 Å². The van der Waals surface area contributed by atoms with Gasteiger partial charge in [-0.05, 0) is 31.4 Å². The van der Waals surface area contributed by atoms with E-state index in [0.717, 1.165) is 0 Å². The number of nitrogens with one attached hydrogen (secondary N) is 1. The first-order chi connectivity index (χ1) is 10.3. The Kier molecular flexibility index (Phi) is 4.68. The minimum Gasteiger partial charge on any atom is -0.349 e. The number of hydrogen-bond acceptors (Lipinski definition) is 3. The van der Waals surface area contributed by atoms with E-state index in [1.807, 2.05) is 0 Å². The smallest absolute Gasteiger partial charge is 0.349 e. The van der Waals surface area contributed by atoms with Crippen LogP contribution >= 0.6 is 0 Å². The quantitative estimate of drug-likeness (QED) is 0.686. The molecule has 0 spiro atoms. The van der Waals surface area contributed by atoms with Gasteiger partial charge in [-0.2, -0.15) is 13.2 Å². The van der Waals surface area contributed by atoms with Gasteiger partial charge >= 0.3 is 6.18 Å². The van der Waals surface area contributed by atoms with Crippen LogP contribution in [0.4, 0.5) is 18.9 Å². The monoisotopic (exact) mass is 316 g/mol. The van der Waals surface area contributed by atoms with Crippen molar-refractivity contribution in [1.82, 2.24) is 5.32 Å². The lowest BCUT2D eigenvalue weighted by Crippen LogP contribution is -2.41. The number of nitro groups is 1. The molecule has 2 unspecified atom stereocenters. The number of non-ortho nitro benzene ring substituents is 1. The number of hydrogen-bond donors (Lipinski definition) is 1. The van der Waals surface area contributed by atoms with E-state index in [2.05, 4.69) is 5.32 Å². The molecule has 0 aromatic heterocycles. The van der Waals surface area contributed by atoms with Crippen LogP contribution in [0.1, 0.15) is 36.0 Å². The highest BCUT2D eigenvalue weighted by atomic mass is 19.4. The van der Waals surface area contributed by atoms with Crippen LogP contribution in [0.2, 0.25) is 0 Å². The van der Waals surface area contributed by atoms with E-state index in [1.54, 1.807) is 0 Å². The molecule has 1 aromatic rings. The summed E-state index contributed by atoms with van der Waals surface area (Å²) >= 11 is 0. The topological polar surface area (TPSA) is 72.2 Å². The third-order valence-electron chi connectivity index (χ3n) is 3.81. The summed E-state index contributed by atoms with van der Waals surface area (Å²) < 4.78 is 38.2. The molecule has 2 rings (SSSR count). The van der Waals surface area contributed by atoms with Gasteiger partial charge in [-0.1, -0.05) is 6.42 Å². The molecule has 1 amide bonds. The standard InChI is InChI=1S/C14H15F3N2O3/c15-14(16,17)10-2-1-3-11(8-10)18-13(20)9-4-6-12(7-5-9)19(21)22/h4-7,10-11H,1-3,8H2,(H,18,20). The van der Waals surface area contributed by atoms with Crippen molar-refractivity contribution in [2.75, 3.05) is 0 Å². The number of nitro benzene ring substituents is 1. The first-order valence-corrected chi connectivity index (χ1v) is 6.89. The second kappa shape index (κ2) is 6.33. The summed E-state index contributed by atoms with van der Waals surface area (Å²) in [6.45, 7) is 0. The van der Waals surface area contributed by atoms with Gasteiger partial charge in [-0.3, -0.25) is 14.9 Å². The van der Waals surface area contributed by atoms with Crippen molar-refractivity contribution < 1.29 is 22.9 Å². The molecular formula is C14H15F3N2O3. The number of carbonyl (C=O) groups is 1. The van der Waals surface area contributed by atoms with E-state index in [1.165, 1.54) is 24.3 Å². The van der Waals surface area contributed by atoms with Gasteiger partial charge in [-0.25, -0.2) is 0 Å². The molecule has 22 heavy (non-hydrogen) atoms. The van der Waals surface area contributed by atoms with Gasteiger partial charge in [0.05, 0.1) is 10.8 Å². The maximum absolute atomic E-state index is 12.7. The molecule has 8 heteroatoms. The molecule has 0 aliphatic heterocycles. The third kappa shape index (κ3) is 3.96. The predicted octanol–water partition coefficient (Wildman–Crippen LogP) is 3.45. The zero-order chi connectivity index (χ0) is 16.3. The molecule has 0 radical (unpaired) electrons. The predicted molar refractivity (Wildman–Crippen MR) is 72.4 cm³/mol. The molecule has 1 aliphatic rings. The molecule has 1 saturated carbocycles. The van der Waals surface area contributed by atoms with E-state index in [-0.39, 0.29) is 24.1 Å². The molecule has 1 fully saturated rings. The van der Waals surface area contributed by atoms with Crippen LogP contribution in [0.25, 0.3) is 0 Å². The Morgan fingerprint density at radius 2 is 1.86 bits per heavy atom. The fourth-order valence-electron chi connectivity index (χ4n) is 2.62. The number of nitrogens with zero attached hydrogens (tertiary/aromatic N) is 1. The summed E-state index contributed by atoms with van der Waals surface area (Å²) in [5.41, 5.74) is 0.0473. The Bertz CT molecular complexity index is 557. The summed E-state index contributed by atoms with van der Waals surface area (Å²) in [6, 6.07) is 4.43. The van der Waals surface area contributed by atoms with E-state index < -0.39 is 29.0 Å². The van der Waals surface area contributed by atoms with Crippen molar-refractivity contribution in [3.63, 3.8) is 0 Å². The number of alkyl halides is 3. The normalized spacial score (nSPS) is 22.1. The van der Waals surface area contributed by atoms with E-state index in [9.17, 15) is 28.1 Å². The summed E-state index contributed by atoms with van der Waals surface area (Å²) in [6.07, 6.45) is -3.35.